The molecule has 0 saturated heterocycles. The van der Waals surface area contributed by atoms with Crippen LogP contribution in [0.4, 0.5) is 5.69 Å². The van der Waals surface area contributed by atoms with Gasteiger partial charge in [-0.15, -0.1) is 0 Å². The maximum Gasteiger partial charge on any atom is 0.198 e. The van der Waals surface area contributed by atoms with Crippen molar-refractivity contribution < 1.29 is 4.79 Å². The highest BCUT2D eigenvalue weighted by Crippen LogP contribution is 2.20. The van der Waals surface area contributed by atoms with Gasteiger partial charge in [0.25, 0.3) is 0 Å². The molecule has 4 nitrogen and oxygen atoms in total. The van der Waals surface area contributed by atoms with Gasteiger partial charge in [0.1, 0.15) is 0 Å². The molecule has 0 radical (unpaired) electrons. The van der Waals surface area contributed by atoms with Gasteiger partial charge in [0.15, 0.2) is 5.78 Å². The van der Waals surface area contributed by atoms with E-state index >= 15 is 0 Å². The minimum Gasteiger partial charge on any atom is -0.398 e. The molecule has 5 heteroatoms. The van der Waals surface area contributed by atoms with Crippen LogP contribution in [0.25, 0.3) is 0 Å². The Bertz CT molecular complexity index is 493. The van der Waals surface area contributed by atoms with E-state index in [0.29, 0.717) is 21.8 Å². The Kier molecular flexibility index (Phi) is 2.43. The lowest BCUT2D eigenvalue weighted by Gasteiger charge is -2.02. The van der Waals surface area contributed by atoms with E-state index in [1.807, 2.05) is 0 Å². The maximum atomic E-state index is 11.9. The molecule has 2 aromatic rings. The molecule has 3 N–H and O–H groups in total. The van der Waals surface area contributed by atoms with E-state index in [4.69, 9.17) is 17.3 Å². The number of rotatable bonds is 2. The molecule has 2 rings (SSSR count). The number of aromatic nitrogens is 2. The number of nitrogens with two attached hydrogens (primary N) is 1. The summed E-state index contributed by atoms with van der Waals surface area (Å²) in [5, 5.41) is 6.79. The van der Waals surface area contributed by atoms with E-state index in [1.165, 1.54) is 12.4 Å². The van der Waals surface area contributed by atoms with Crippen molar-refractivity contribution in [1.82, 2.24) is 10.2 Å². The summed E-state index contributed by atoms with van der Waals surface area (Å²) < 4.78 is 0. The quantitative estimate of drug-likeness (QED) is 0.601. The molecule has 0 unspecified atom stereocenters. The number of aromatic amines is 1. The Balaban J connectivity index is 2.42. The largest absolute Gasteiger partial charge is 0.398 e. The van der Waals surface area contributed by atoms with Gasteiger partial charge < -0.3 is 5.73 Å². The van der Waals surface area contributed by atoms with Crippen LogP contribution in [0.1, 0.15) is 15.9 Å². The lowest BCUT2D eigenvalue weighted by Crippen LogP contribution is -2.04. The van der Waals surface area contributed by atoms with Gasteiger partial charge in [0.05, 0.1) is 11.8 Å². The van der Waals surface area contributed by atoms with E-state index in [-0.39, 0.29) is 5.78 Å². The van der Waals surface area contributed by atoms with Gasteiger partial charge in [0.2, 0.25) is 0 Å². The van der Waals surface area contributed by atoms with Gasteiger partial charge in [-0.1, -0.05) is 11.6 Å². The molecule has 1 aromatic heterocycles. The predicted octanol–water partition coefficient (Wildman–Crippen LogP) is 1.88. The van der Waals surface area contributed by atoms with E-state index in [1.54, 1.807) is 18.2 Å². The van der Waals surface area contributed by atoms with Crippen LogP contribution in [0, 0.1) is 0 Å². The highest BCUT2D eigenvalue weighted by molar-refractivity contribution is 6.31. The van der Waals surface area contributed by atoms with Crippen molar-refractivity contribution >= 4 is 23.1 Å². The lowest BCUT2D eigenvalue weighted by molar-refractivity contribution is 0.103. The second-order valence-corrected chi connectivity index (χ2v) is 3.48. The third-order valence-electron chi connectivity index (χ3n) is 2.02. The summed E-state index contributed by atoms with van der Waals surface area (Å²) in [5.41, 5.74) is 6.97. The van der Waals surface area contributed by atoms with Crippen molar-refractivity contribution in [2.75, 3.05) is 5.73 Å². The Labute approximate surface area is 91.1 Å². The first kappa shape index (κ1) is 9.73. The molecule has 15 heavy (non-hydrogen) atoms. The smallest absolute Gasteiger partial charge is 0.198 e. The Morgan fingerprint density at radius 1 is 1.47 bits per heavy atom. The fraction of sp³-hybridized carbons (Fsp3) is 0. The summed E-state index contributed by atoms with van der Waals surface area (Å²) in [4.78, 5) is 11.9. The second kappa shape index (κ2) is 3.74. The number of nitrogen functional groups attached to an aromatic ring is 1. The monoisotopic (exact) mass is 221 g/mol. The third kappa shape index (κ3) is 1.85. The molecule has 76 valence electrons. The average molecular weight is 222 g/mol. The fourth-order valence-electron chi connectivity index (χ4n) is 1.27. The number of nitrogens with one attached hydrogen (secondary N) is 1. The topological polar surface area (TPSA) is 71.8 Å². The zero-order valence-electron chi connectivity index (χ0n) is 7.70. The first-order chi connectivity index (χ1) is 7.18. The standard InChI is InChI=1S/C10H8ClN3O/c11-7-1-2-8(9(12)3-7)10(15)6-4-13-14-5-6/h1-5H,12H2,(H,13,14). The Hall–Kier alpha value is -1.81. The van der Waals surface area contributed by atoms with Crippen LogP contribution < -0.4 is 5.73 Å². The van der Waals surface area contributed by atoms with Crippen LogP contribution in [0.3, 0.4) is 0 Å². The number of carbonyl (C=O) groups is 1. The number of H-pyrrole nitrogens is 1. The maximum absolute atomic E-state index is 11.9. The number of hydrogen-bond donors (Lipinski definition) is 2. The molecule has 0 atom stereocenters. The van der Waals surface area contributed by atoms with Gasteiger partial charge >= 0.3 is 0 Å². The number of ketones is 1. The molecule has 1 heterocycles. The van der Waals surface area contributed by atoms with Crippen molar-refractivity contribution in [3.63, 3.8) is 0 Å². The molecule has 0 aliphatic heterocycles. The molecular formula is C10H8ClN3O. The lowest BCUT2D eigenvalue weighted by atomic mass is 10.0. The predicted molar refractivity (Wildman–Crippen MR) is 57.9 cm³/mol. The normalized spacial score (nSPS) is 10.2. The first-order valence-corrected chi connectivity index (χ1v) is 4.65. The molecule has 0 aliphatic carbocycles. The third-order valence-corrected chi connectivity index (χ3v) is 2.25. The summed E-state index contributed by atoms with van der Waals surface area (Å²) >= 11 is 5.74. The highest BCUT2D eigenvalue weighted by Gasteiger charge is 2.12. The zero-order chi connectivity index (χ0) is 10.8. The number of benzene rings is 1. The van der Waals surface area contributed by atoms with Crippen LogP contribution in [-0.2, 0) is 0 Å². The summed E-state index contributed by atoms with van der Waals surface area (Å²) in [6.45, 7) is 0. The average Bonchev–Trinajstić information content (AvgIpc) is 2.69. The van der Waals surface area contributed by atoms with Crippen molar-refractivity contribution in [1.29, 1.82) is 0 Å². The van der Waals surface area contributed by atoms with Crippen LogP contribution in [0.2, 0.25) is 5.02 Å². The minimum absolute atomic E-state index is 0.169. The number of nitrogens with zero attached hydrogens (tertiary/aromatic N) is 1. The molecule has 0 aliphatic rings. The van der Waals surface area contributed by atoms with E-state index < -0.39 is 0 Å². The van der Waals surface area contributed by atoms with E-state index in [9.17, 15) is 4.79 Å². The summed E-state index contributed by atoms with van der Waals surface area (Å²) in [6.07, 6.45) is 2.98. The van der Waals surface area contributed by atoms with Gasteiger partial charge in [0, 0.05) is 22.5 Å². The van der Waals surface area contributed by atoms with Crippen molar-refractivity contribution in [2.45, 2.75) is 0 Å². The fourth-order valence-corrected chi connectivity index (χ4v) is 1.45. The van der Waals surface area contributed by atoms with Crippen molar-refractivity contribution in [3.8, 4) is 0 Å². The van der Waals surface area contributed by atoms with Gasteiger partial charge in [-0.05, 0) is 18.2 Å². The molecule has 0 saturated carbocycles. The van der Waals surface area contributed by atoms with Gasteiger partial charge in [-0.25, -0.2) is 0 Å². The van der Waals surface area contributed by atoms with Crippen LogP contribution in [-0.4, -0.2) is 16.0 Å². The van der Waals surface area contributed by atoms with Gasteiger partial charge in [-0.3, -0.25) is 9.89 Å². The minimum atomic E-state index is -0.169. The first-order valence-electron chi connectivity index (χ1n) is 4.27. The molecular weight excluding hydrogens is 214 g/mol. The zero-order valence-corrected chi connectivity index (χ0v) is 8.45. The van der Waals surface area contributed by atoms with E-state index in [0.717, 1.165) is 0 Å². The summed E-state index contributed by atoms with van der Waals surface area (Å²) in [7, 11) is 0. The van der Waals surface area contributed by atoms with Crippen molar-refractivity contribution in [3.05, 3.63) is 46.7 Å². The molecule has 1 aromatic carbocycles. The molecule has 0 spiro atoms. The van der Waals surface area contributed by atoms with Crippen LogP contribution in [0.5, 0.6) is 0 Å². The molecule has 0 amide bonds. The Morgan fingerprint density at radius 2 is 2.27 bits per heavy atom. The summed E-state index contributed by atoms with van der Waals surface area (Å²) in [5.74, 6) is -0.169. The highest BCUT2D eigenvalue weighted by atomic mass is 35.5. The van der Waals surface area contributed by atoms with Crippen LogP contribution >= 0.6 is 11.6 Å². The SMILES string of the molecule is Nc1cc(Cl)ccc1C(=O)c1cn[nH]c1. The number of anilines is 1. The molecule has 0 bridgehead atoms. The molecule has 0 fully saturated rings. The second-order valence-electron chi connectivity index (χ2n) is 3.05. The van der Waals surface area contributed by atoms with Gasteiger partial charge in [-0.2, -0.15) is 5.10 Å². The number of halogens is 1. The van der Waals surface area contributed by atoms with E-state index in [2.05, 4.69) is 10.2 Å². The van der Waals surface area contributed by atoms with Crippen LogP contribution in [0.15, 0.2) is 30.6 Å². The summed E-state index contributed by atoms with van der Waals surface area (Å²) in [6, 6.07) is 4.78. The number of carbonyl (C=O) groups excluding carboxylic acids is 1. The Morgan fingerprint density at radius 3 is 2.87 bits per heavy atom. The number of hydrogen-bond acceptors (Lipinski definition) is 3. The van der Waals surface area contributed by atoms with Crippen molar-refractivity contribution in [2.24, 2.45) is 0 Å².